The summed E-state index contributed by atoms with van der Waals surface area (Å²) in [5.74, 6) is 0.706. The van der Waals surface area contributed by atoms with Gasteiger partial charge in [-0.05, 0) is 49.2 Å². The highest BCUT2D eigenvalue weighted by molar-refractivity contribution is 14.0. The van der Waals surface area contributed by atoms with Crippen LogP contribution in [0.2, 0.25) is 0 Å². The second-order valence-electron chi connectivity index (χ2n) is 7.12. The van der Waals surface area contributed by atoms with Gasteiger partial charge in [0.15, 0.2) is 5.96 Å². The van der Waals surface area contributed by atoms with E-state index in [9.17, 15) is 19.6 Å². The number of nitro groups is 1. The molecule has 3 aromatic rings. The number of guanidine groups is 1. The molecule has 0 aliphatic heterocycles. The summed E-state index contributed by atoms with van der Waals surface area (Å²) in [4.78, 5) is 17.7. The number of non-ortho nitro benzene ring substituents is 1. The fourth-order valence-electron chi connectivity index (χ4n) is 3.12. The lowest BCUT2D eigenvalue weighted by Crippen LogP contribution is -2.39. The Morgan fingerprint density at radius 2 is 2.03 bits per heavy atom. The first kappa shape index (κ1) is 26.3. The first-order chi connectivity index (χ1) is 15.5. The van der Waals surface area contributed by atoms with Crippen LogP contribution in [0.15, 0.2) is 53.7 Å². The number of rotatable bonds is 10. The van der Waals surface area contributed by atoms with Crippen molar-refractivity contribution >= 4 is 46.5 Å². The molecule has 0 aliphatic carbocycles. The smallest absolute Gasteiger partial charge is 0.269 e. The number of H-pyrrole nitrogens is 1. The molecule has 2 aromatic carbocycles. The van der Waals surface area contributed by atoms with Gasteiger partial charge in [-0.1, -0.05) is 0 Å². The molecule has 1 heterocycles. The zero-order chi connectivity index (χ0) is 22.9. The van der Waals surface area contributed by atoms with Gasteiger partial charge in [-0.3, -0.25) is 15.1 Å². The number of aromatic nitrogens is 1. The van der Waals surface area contributed by atoms with E-state index in [2.05, 4.69) is 20.6 Å². The largest absolute Gasteiger partial charge is 0.491 e. The van der Waals surface area contributed by atoms with E-state index in [0.717, 1.165) is 16.5 Å². The lowest BCUT2D eigenvalue weighted by molar-refractivity contribution is -0.384. The molecule has 178 valence electrons. The summed E-state index contributed by atoms with van der Waals surface area (Å²) in [7, 11) is 0. The summed E-state index contributed by atoms with van der Waals surface area (Å²) in [6.07, 6.45) is 1.69. The number of benzene rings is 2. The van der Waals surface area contributed by atoms with Crippen molar-refractivity contribution in [1.82, 2.24) is 15.6 Å². The number of hydrogen-bond acceptors (Lipinski definition) is 5. The first-order valence-corrected chi connectivity index (χ1v) is 10.3. The van der Waals surface area contributed by atoms with Gasteiger partial charge in [-0.15, -0.1) is 24.0 Å². The summed E-state index contributed by atoms with van der Waals surface area (Å²) in [5.41, 5.74) is 1.86. The predicted octanol–water partition coefficient (Wildman–Crippen LogP) is 3.37. The molecular formula is C22H27FIN5O4. The van der Waals surface area contributed by atoms with Gasteiger partial charge < -0.3 is 25.5 Å². The molecule has 9 nitrogen and oxygen atoms in total. The van der Waals surface area contributed by atoms with E-state index >= 15 is 0 Å². The molecule has 1 atom stereocenters. The number of nitro benzene ring substituents is 1. The van der Waals surface area contributed by atoms with Gasteiger partial charge >= 0.3 is 0 Å². The summed E-state index contributed by atoms with van der Waals surface area (Å²) in [6, 6.07) is 10.3. The average molecular weight is 571 g/mol. The van der Waals surface area contributed by atoms with Crippen molar-refractivity contribution in [2.75, 3.05) is 26.2 Å². The van der Waals surface area contributed by atoms with Crippen LogP contribution in [0.5, 0.6) is 5.75 Å². The van der Waals surface area contributed by atoms with Crippen LogP contribution >= 0.6 is 24.0 Å². The third-order valence-electron chi connectivity index (χ3n) is 4.71. The van der Waals surface area contributed by atoms with Crippen molar-refractivity contribution in [3.8, 4) is 5.75 Å². The molecule has 0 saturated carbocycles. The average Bonchev–Trinajstić information content (AvgIpc) is 3.18. The highest BCUT2D eigenvalue weighted by atomic mass is 127. The van der Waals surface area contributed by atoms with Crippen LogP contribution < -0.4 is 15.4 Å². The van der Waals surface area contributed by atoms with E-state index in [4.69, 9.17) is 4.74 Å². The number of aliphatic hydroxyl groups is 1. The monoisotopic (exact) mass is 571 g/mol. The molecular weight excluding hydrogens is 544 g/mol. The van der Waals surface area contributed by atoms with Crippen molar-refractivity contribution in [2.24, 2.45) is 4.99 Å². The Morgan fingerprint density at radius 1 is 1.27 bits per heavy atom. The summed E-state index contributed by atoms with van der Waals surface area (Å²) in [6.45, 7) is 3.28. The summed E-state index contributed by atoms with van der Waals surface area (Å²) in [5, 5.41) is 28.0. The number of aromatic amines is 1. The summed E-state index contributed by atoms with van der Waals surface area (Å²) < 4.78 is 19.0. The standard InChI is InChI=1S/C22H26FN5O4.HI/c1-2-24-22(25-10-9-15-12-26-21-8-3-16(23)11-20(15)21)27-13-18(29)14-32-19-6-4-17(5-7-19)28(30)31;/h3-8,11-12,18,26,29H,2,9-10,13-14H2,1H3,(H2,24,25,27);1H. The molecule has 1 aromatic heterocycles. The van der Waals surface area contributed by atoms with Gasteiger partial charge in [0, 0.05) is 42.3 Å². The molecule has 3 rings (SSSR count). The van der Waals surface area contributed by atoms with Crippen LogP contribution in [0.4, 0.5) is 10.1 Å². The van der Waals surface area contributed by atoms with E-state index in [-0.39, 0.29) is 48.6 Å². The van der Waals surface area contributed by atoms with Crippen molar-refractivity contribution in [2.45, 2.75) is 19.4 Å². The van der Waals surface area contributed by atoms with Crippen LogP contribution in [-0.4, -0.2) is 53.3 Å². The SMILES string of the molecule is CCNC(=NCC(O)COc1ccc([N+](=O)[O-])cc1)NCCc1c[nH]c2ccc(F)cc12.I. The number of ether oxygens (including phenoxy) is 1. The Balaban J connectivity index is 0.00000385. The third kappa shape index (κ3) is 7.86. The normalized spacial score (nSPS) is 12.2. The topological polar surface area (TPSA) is 125 Å². The van der Waals surface area contributed by atoms with E-state index in [1.54, 1.807) is 6.07 Å². The quantitative estimate of drug-likeness (QED) is 0.0973. The molecule has 0 saturated heterocycles. The second kappa shape index (κ2) is 12.9. The van der Waals surface area contributed by atoms with E-state index in [0.29, 0.717) is 31.2 Å². The number of halogens is 2. The maximum absolute atomic E-state index is 13.5. The maximum atomic E-state index is 13.5. The maximum Gasteiger partial charge on any atom is 0.269 e. The zero-order valence-corrected chi connectivity index (χ0v) is 20.4. The molecule has 0 amide bonds. The second-order valence-corrected chi connectivity index (χ2v) is 7.12. The minimum atomic E-state index is -0.850. The zero-order valence-electron chi connectivity index (χ0n) is 18.1. The number of nitrogens with one attached hydrogen (secondary N) is 3. The van der Waals surface area contributed by atoms with Gasteiger partial charge in [0.2, 0.25) is 0 Å². The predicted molar refractivity (Wildman–Crippen MR) is 136 cm³/mol. The highest BCUT2D eigenvalue weighted by Crippen LogP contribution is 2.19. The Bertz CT molecular complexity index is 1070. The Kier molecular flexibility index (Phi) is 10.3. The van der Waals surface area contributed by atoms with Crippen molar-refractivity contribution in [1.29, 1.82) is 0 Å². The lowest BCUT2D eigenvalue weighted by atomic mass is 10.1. The van der Waals surface area contributed by atoms with Gasteiger partial charge in [0.1, 0.15) is 24.3 Å². The minimum absolute atomic E-state index is 0. The number of nitrogens with zero attached hydrogens (tertiary/aromatic N) is 2. The number of fused-ring (bicyclic) bond motifs is 1. The number of hydrogen-bond donors (Lipinski definition) is 4. The van der Waals surface area contributed by atoms with Gasteiger partial charge in [-0.25, -0.2) is 4.39 Å². The van der Waals surface area contributed by atoms with Crippen molar-refractivity contribution in [3.05, 3.63) is 70.2 Å². The van der Waals surface area contributed by atoms with Crippen LogP contribution in [0.1, 0.15) is 12.5 Å². The van der Waals surface area contributed by atoms with Crippen LogP contribution in [0, 0.1) is 15.9 Å². The van der Waals surface area contributed by atoms with Gasteiger partial charge in [-0.2, -0.15) is 0 Å². The minimum Gasteiger partial charge on any atom is -0.491 e. The van der Waals surface area contributed by atoms with Crippen molar-refractivity contribution in [3.63, 3.8) is 0 Å². The first-order valence-electron chi connectivity index (χ1n) is 10.3. The number of aliphatic imine (C=N–C) groups is 1. The van der Waals surface area contributed by atoms with E-state index in [1.807, 2.05) is 13.1 Å². The summed E-state index contributed by atoms with van der Waals surface area (Å²) >= 11 is 0. The van der Waals surface area contributed by atoms with Gasteiger partial charge in [0.25, 0.3) is 5.69 Å². The van der Waals surface area contributed by atoms with E-state index in [1.165, 1.54) is 36.4 Å². The van der Waals surface area contributed by atoms with Crippen LogP contribution in [0.3, 0.4) is 0 Å². The molecule has 33 heavy (non-hydrogen) atoms. The van der Waals surface area contributed by atoms with Crippen LogP contribution in [-0.2, 0) is 6.42 Å². The Labute approximate surface area is 207 Å². The fraction of sp³-hybridized carbons (Fsp3) is 0.318. The van der Waals surface area contributed by atoms with Crippen molar-refractivity contribution < 1.29 is 19.2 Å². The lowest BCUT2D eigenvalue weighted by Gasteiger charge is -2.14. The molecule has 0 fully saturated rings. The van der Waals surface area contributed by atoms with Crippen LogP contribution in [0.25, 0.3) is 10.9 Å². The molecule has 0 spiro atoms. The molecule has 0 bridgehead atoms. The fourth-order valence-corrected chi connectivity index (χ4v) is 3.12. The molecule has 11 heteroatoms. The van der Waals surface area contributed by atoms with Gasteiger partial charge in [0.05, 0.1) is 11.5 Å². The third-order valence-corrected chi connectivity index (χ3v) is 4.71. The van der Waals surface area contributed by atoms with E-state index < -0.39 is 11.0 Å². The highest BCUT2D eigenvalue weighted by Gasteiger charge is 2.09. The Hall–Kier alpha value is -2.93. The molecule has 1 unspecified atom stereocenters. The molecule has 0 radical (unpaired) electrons. The number of aliphatic hydroxyl groups excluding tert-OH is 1. The molecule has 4 N–H and O–H groups in total. The Morgan fingerprint density at radius 3 is 2.73 bits per heavy atom. The molecule has 0 aliphatic rings.